The molecule has 1 aromatic carbocycles. The number of aliphatic carboxylic acids is 1. The number of carboxylic acids is 1. The standard InChI is InChI=1S/C16H22N2O5/c1-11-2-3-12(9-18-16(21)17-6-4-15(19)20)14(8-11)23-13-5-7-22-10-13/h2-3,8,13H,4-7,9-10H2,1H3,(H,19,20)(H2,17,18,21). The number of ether oxygens (including phenoxy) is 2. The van der Waals surface area contributed by atoms with Crippen LogP contribution in [-0.2, 0) is 16.1 Å². The lowest BCUT2D eigenvalue weighted by atomic mass is 10.1. The fourth-order valence-electron chi connectivity index (χ4n) is 2.22. The van der Waals surface area contributed by atoms with E-state index < -0.39 is 12.0 Å². The summed E-state index contributed by atoms with van der Waals surface area (Å²) in [5.41, 5.74) is 1.95. The zero-order valence-corrected chi connectivity index (χ0v) is 13.1. The molecular formula is C16H22N2O5. The van der Waals surface area contributed by atoms with Crippen LogP contribution in [0.2, 0.25) is 0 Å². The molecule has 0 spiro atoms. The molecule has 1 aromatic rings. The van der Waals surface area contributed by atoms with Crippen molar-refractivity contribution in [3.05, 3.63) is 29.3 Å². The molecule has 2 amide bonds. The lowest BCUT2D eigenvalue weighted by Crippen LogP contribution is -2.36. The Balaban J connectivity index is 1.88. The lowest BCUT2D eigenvalue weighted by molar-refractivity contribution is -0.136. The molecule has 1 atom stereocenters. The van der Waals surface area contributed by atoms with E-state index in [4.69, 9.17) is 14.6 Å². The summed E-state index contributed by atoms with van der Waals surface area (Å²) in [5, 5.41) is 13.7. The number of nitrogens with one attached hydrogen (secondary N) is 2. The molecular weight excluding hydrogens is 300 g/mol. The number of hydrogen-bond donors (Lipinski definition) is 3. The zero-order valence-electron chi connectivity index (χ0n) is 13.1. The molecule has 7 heteroatoms. The topological polar surface area (TPSA) is 96.9 Å². The average Bonchev–Trinajstić information content (AvgIpc) is 2.99. The minimum atomic E-state index is -0.946. The number of urea groups is 1. The van der Waals surface area contributed by atoms with Gasteiger partial charge in [-0.25, -0.2) is 4.79 Å². The third kappa shape index (κ3) is 5.78. The third-order valence-corrected chi connectivity index (χ3v) is 3.47. The fourth-order valence-corrected chi connectivity index (χ4v) is 2.22. The van der Waals surface area contributed by atoms with E-state index in [0.717, 1.165) is 23.3 Å². The molecule has 1 aliphatic heterocycles. The van der Waals surface area contributed by atoms with Crippen molar-refractivity contribution in [3.8, 4) is 5.75 Å². The summed E-state index contributed by atoms with van der Waals surface area (Å²) in [6, 6.07) is 5.41. The van der Waals surface area contributed by atoms with Crippen molar-refractivity contribution in [2.24, 2.45) is 0 Å². The van der Waals surface area contributed by atoms with Crippen LogP contribution in [0.4, 0.5) is 4.79 Å². The van der Waals surface area contributed by atoms with Gasteiger partial charge in [-0.3, -0.25) is 4.79 Å². The van der Waals surface area contributed by atoms with Gasteiger partial charge in [0.1, 0.15) is 11.9 Å². The normalized spacial score (nSPS) is 16.8. The van der Waals surface area contributed by atoms with Gasteiger partial charge in [-0.1, -0.05) is 12.1 Å². The Hall–Kier alpha value is -2.28. The second-order valence-corrected chi connectivity index (χ2v) is 5.47. The Morgan fingerprint density at radius 1 is 1.39 bits per heavy atom. The number of carbonyl (C=O) groups excluding carboxylic acids is 1. The van der Waals surface area contributed by atoms with Gasteiger partial charge in [-0.15, -0.1) is 0 Å². The van der Waals surface area contributed by atoms with Gasteiger partial charge in [0, 0.05) is 25.1 Å². The molecule has 7 nitrogen and oxygen atoms in total. The second-order valence-electron chi connectivity index (χ2n) is 5.47. The molecule has 0 bridgehead atoms. The molecule has 0 radical (unpaired) electrons. The number of aryl methyl sites for hydroxylation is 1. The monoisotopic (exact) mass is 322 g/mol. The first-order valence-corrected chi connectivity index (χ1v) is 7.62. The van der Waals surface area contributed by atoms with E-state index in [0.29, 0.717) is 19.8 Å². The van der Waals surface area contributed by atoms with E-state index in [9.17, 15) is 9.59 Å². The van der Waals surface area contributed by atoms with Crippen LogP contribution in [0.25, 0.3) is 0 Å². The smallest absolute Gasteiger partial charge is 0.315 e. The zero-order chi connectivity index (χ0) is 16.7. The Kier molecular flexibility index (Phi) is 6.22. The molecule has 23 heavy (non-hydrogen) atoms. The number of carboxylic acid groups (broad SMARTS) is 1. The van der Waals surface area contributed by atoms with Gasteiger partial charge in [0.2, 0.25) is 0 Å². The van der Waals surface area contributed by atoms with Gasteiger partial charge < -0.3 is 25.2 Å². The van der Waals surface area contributed by atoms with E-state index in [1.54, 1.807) is 0 Å². The van der Waals surface area contributed by atoms with E-state index in [1.165, 1.54) is 0 Å². The van der Waals surface area contributed by atoms with Crippen LogP contribution in [0, 0.1) is 6.92 Å². The number of benzene rings is 1. The molecule has 1 saturated heterocycles. The maximum absolute atomic E-state index is 11.6. The van der Waals surface area contributed by atoms with Crippen molar-refractivity contribution in [1.29, 1.82) is 0 Å². The molecule has 1 fully saturated rings. The predicted molar refractivity (Wildman–Crippen MR) is 83.5 cm³/mol. The fraction of sp³-hybridized carbons (Fsp3) is 0.500. The lowest BCUT2D eigenvalue weighted by Gasteiger charge is -2.17. The highest BCUT2D eigenvalue weighted by atomic mass is 16.5. The Labute approximate surface area is 135 Å². The maximum atomic E-state index is 11.6. The first-order valence-electron chi connectivity index (χ1n) is 7.62. The van der Waals surface area contributed by atoms with Crippen LogP contribution >= 0.6 is 0 Å². The van der Waals surface area contributed by atoms with Crippen LogP contribution in [0.3, 0.4) is 0 Å². The predicted octanol–water partition coefficient (Wildman–Crippen LogP) is 1.44. The third-order valence-electron chi connectivity index (χ3n) is 3.47. The molecule has 3 N–H and O–H groups in total. The van der Waals surface area contributed by atoms with Gasteiger partial charge in [-0.2, -0.15) is 0 Å². The average molecular weight is 322 g/mol. The molecule has 1 heterocycles. The number of rotatable bonds is 7. The first kappa shape index (κ1) is 17.1. The molecule has 1 aliphatic rings. The largest absolute Gasteiger partial charge is 0.488 e. The number of carbonyl (C=O) groups is 2. The minimum Gasteiger partial charge on any atom is -0.488 e. The van der Waals surface area contributed by atoms with Crippen LogP contribution in [-0.4, -0.2) is 43.0 Å². The number of amides is 2. The van der Waals surface area contributed by atoms with Crippen molar-refractivity contribution >= 4 is 12.0 Å². The van der Waals surface area contributed by atoms with Crippen molar-refractivity contribution in [2.45, 2.75) is 32.4 Å². The highest BCUT2D eigenvalue weighted by Gasteiger charge is 2.18. The van der Waals surface area contributed by atoms with E-state index in [-0.39, 0.29) is 19.1 Å². The highest BCUT2D eigenvalue weighted by molar-refractivity contribution is 5.75. The summed E-state index contributed by atoms with van der Waals surface area (Å²) in [6.07, 6.45) is 0.796. The van der Waals surface area contributed by atoms with Gasteiger partial charge >= 0.3 is 12.0 Å². The molecule has 1 unspecified atom stereocenters. The SMILES string of the molecule is Cc1ccc(CNC(=O)NCCC(=O)O)c(OC2CCOC2)c1. The molecule has 126 valence electrons. The van der Waals surface area contributed by atoms with Crippen molar-refractivity contribution in [1.82, 2.24) is 10.6 Å². The van der Waals surface area contributed by atoms with Crippen LogP contribution in [0.5, 0.6) is 5.75 Å². The first-order chi connectivity index (χ1) is 11.0. The van der Waals surface area contributed by atoms with E-state index in [2.05, 4.69) is 10.6 Å². The van der Waals surface area contributed by atoms with Gasteiger partial charge in [0.05, 0.1) is 19.6 Å². The summed E-state index contributed by atoms with van der Waals surface area (Å²) in [4.78, 5) is 22.0. The van der Waals surface area contributed by atoms with Gasteiger partial charge in [0.15, 0.2) is 0 Å². The van der Waals surface area contributed by atoms with Crippen LogP contribution in [0.1, 0.15) is 24.0 Å². The quantitative estimate of drug-likeness (QED) is 0.706. The van der Waals surface area contributed by atoms with Crippen molar-refractivity contribution < 1.29 is 24.2 Å². The summed E-state index contributed by atoms with van der Waals surface area (Å²) >= 11 is 0. The summed E-state index contributed by atoms with van der Waals surface area (Å²) in [5.74, 6) is -0.204. The molecule has 0 aliphatic carbocycles. The Morgan fingerprint density at radius 3 is 2.91 bits per heavy atom. The van der Waals surface area contributed by atoms with E-state index >= 15 is 0 Å². The van der Waals surface area contributed by atoms with Gasteiger partial charge in [0.25, 0.3) is 0 Å². The van der Waals surface area contributed by atoms with Gasteiger partial charge in [-0.05, 0) is 18.6 Å². The van der Waals surface area contributed by atoms with Crippen LogP contribution in [0.15, 0.2) is 18.2 Å². The van der Waals surface area contributed by atoms with Crippen LogP contribution < -0.4 is 15.4 Å². The molecule has 2 rings (SSSR count). The summed E-state index contributed by atoms with van der Waals surface area (Å²) < 4.78 is 11.3. The molecule has 0 aromatic heterocycles. The van der Waals surface area contributed by atoms with Crippen molar-refractivity contribution in [3.63, 3.8) is 0 Å². The Bertz CT molecular complexity index is 555. The Morgan fingerprint density at radius 2 is 2.22 bits per heavy atom. The molecule has 0 saturated carbocycles. The highest BCUT2D eigenvalue weighted by Crippen LogP contribution is 2.23. The van der Waals surface area contributed by atoms with E-state index in [1.807, 2.05) is 25.1 Å². The second kappa shape index (κ2) is 8.38. The number of hydrogen-bond acceptors (Lipinski definition) is 4. The van der Waals surface area contributed by atoms with Crippen molar-refractivity contribution in [2.75, 3.05) is 19.8 Å². The minimum absolute atomic E-state index is 0.0416. The summed E-state index contributed by atoms with van der Waals surface area (Å²) in [7, 11) is 0. The maximum Gasteiger partial charge on any atom is 0.315 e. The summed E-state index contributed by atoms with van der Waals surface area (Å²) in [6.45, 7) is 3.67.